The molecule has 0 amide bonds. The fourth-order valence-corrected chi connectivity index (χ4v) is 3.54. The van der Waals surface area contributed by atoms with Crippen molar-refractivity contribution in [1.82, 2.24) is 0 Å². The molecule has 1 aromatic rings. The molecule has 0 aliphatic heterocycles. The van der Waals surface area contributed by atoms with Gasteiger partial charge in [0.25, 0.3) is 0 Å². The maximum atomic E-state index is 6.25. The third-order valence-electron chi connectivity index (χ3n) is 2.79. The Morgan fingerprint density at radius 2 is 1.93 bits per heavy atom. The number of halogens is 3. The van der Waals surface area contributed by atoms with Crippen LogP contribution in [0.5, 0.6) is 0 Å². The third-order valence-corrected chi connectivity index (χ3v) is 3.69. The molecule has 2 rings (SSSR count). The lowest BCUT2D eigenvalue weighted by Gasteiger charge is -2.20. The first-order valence-electron chi connectivity index (χ1n) is 4.55. The lowest BCUT2D eigenvalue weighted by molar-refractivity contribution is 0.517. The predicted molar refractivity (Wildman–Crippen MR) is 62.7 cm³/mol. The minimum atomic E-state index is 0.0381. The number of rotatable bonds is 0. The molecule has 0 saturated carbocycles. The Labute approximate surface area is 99.2 Å². The highest BCUT2D eigenvalue weighted by Gasteiger charge is 2.37. The third kappa shape index (κ3) is 1.54. The van der Waals surface area contributed by atoms with Crippen molar-refractivity contribution in [2.24, 2.45) is 0 Å². The average molecular weight is 250 g/mol. The van der Waals surface area contributed by atoms with E-state index < -0.39 is 0 Å². The van der Waals surface area contributed by atoms with Crippen molar-refractivity contribution in [3.63, 3.8) is 0 Å². The Hall–Kier alpha value is 0.0900. The molecule has 0 nitrogen and oxygen atoms in total. The largest absolute Gasteiger partial charge is 0.118 e. The second-order valence-corrected chi connectivity index (χ2v) is 5.78. The molecule has 1 aromatic carbocycles. The maximum Gasteiger partial charge on any atom is 0.0597 e. The van der Waals surface area contributed by atoms with Crippen LogP contribution in [0.3, 0.4) is 0 Å². The van der Waals surface area contributed by atoms with E-state index in [1.54, 1.807) is 6.07 Å². The molecule has 0 heterocycles. The molecule has 76 valence electrons. The van der Waals surface area contributed by atoms with E-state index in [0.29, 0.717) is 5.02 Å². The van der Waals surface area contributed by atoms with E-state index in [0.717, 1.165) is 22.6 Å². The minimum Gasteiger partial charge on any atom is -0.118 e. The van der Waals surface area contributed by atoms with Crippen LogP contribution in [-0.2, 0) is 5.41 Å². The fraction of sp³-hybridized carbons (Fsp3) is 0.455. The monoisotopic (exact) mass is 248 g/mol. The van der Waals surface area contributed by atoms with Crippen molar-refractivity contribution in [3.05, 3.63) is 33.3 Å². The van der Waals surface area contributed by atoms with Gasteiger partial charge in [-0.25, -0.2) is 0 Å². The minimum absolute atomic E-state index is 0.0381. The second kappa shape index (κ2) is 3.30. The van der Waals surface area contributed by atoms with Crippen LogP contribution in [0.1, 0.15) is 36.8 Å². The van der Waals surface area contributed by atoms with Gasteiger partial charge in [0.1, 0.15) is 0 Å². The Balaban J connectivity index is 2.69. The zero-order valence-electron chi connectivity index (χ0n) is 8.07. The molecule has 1 aliphatic carbocycles. The van der Waals surface area contributed by atoms with E-state index in [9.17, 15) is 0 Å². The summed E-state index contributed by atoms with van der Waals surface area (Å²) >= 11 is 18.4. The van der Waals surface area contributed by atoms with Gasteiger partial charge in [-0.3, -0.25) is 0 Å². The van der Waals surface area contributed by atoms with E-state index in [-0.39, 0.29) is 10.8 Å². The van der Waals surface area contributed by atoms with E-state index in [4.69, 9.17) is 34.8 Å². The van der Waals surface area contributed by atoms with Crippen molar-refractivity contribution < 1.29 is 0 Å². The van der Waals surface area contributed by atoms with Crippen LogP contribution >= 0.6 is 34.8 Å². The van der Waals surface area contributed by atoms with Crippen molar-refractivity contribution in [3.8, 4) is 0 Å². The van der Waals surface area contributed by atoms with Gasteiger partial charge >= 0.3 is 0 Å². The van der Waals surface area contributed by atoms with Crippen molar-refractivity contribution >= 4 is 34.8 Å². The molecule has 1 aliphatic rings. The summed E-state index contributed by atoms with van der Waals surface area (Å²) < 4.78 is 0. The summed E-state index contributed by atoms with van der Waals surface area (Å²) in [6.07, 6.45) is 0.921. The molecular formula is C11H11Cl3. The number of hydrogen-bond donors (Lipinski definition) is 0. The molecule has 0 spiro atoms. The summed E-state index contributed by atoms with van der Waals surface area (Å²) in [6, 6.07) is 3.72. The molecule has 0 N–H and O–H groups in total. The average Bonchev–Trinajstić information content (AvgIpc) is 2.21. The first-order chi connectivity index (χ1) is 6.42. The van der Waals surface area contributed by atoms with Crippen molar-refractivity contribution in [2.75, 3.05) is 0 Å². The molecule has 3 heteroatoms. The Morgan fingerprint density at radius 3 is 2.57 bits per heavy atom. The van der Waals surface area contributed by atoms with Crippen LogP contribution in [0.25, 0.3) is 0 Å². The molecule has 1 atom stereocenters. The Kier molecular flexibility index (Phi) is 2.50. The zero-order chi connectivity index (χ0) is 10.5. The molecule has 0 bridgehead atoms. The van der Waals surface area contributed by atoms with Gasteiger partial charge in [-0.2, -0.15) is 0 Å². The highest BCUT2D eigenvalue weighted by molar-refractivity contribution is 6.35. The van der Waals surface area contributed by atoms with Crippen LogP contribution in [0.2, 0.25) is 10.0 Å². The molecule has 0 radical (unpaired) electrons. The van der Waals surface area contributed by atoms with Gasteiger partial charge in [0.15, 0.2) is 0 Å². The Bertz CT molecular complexity index is 382. The summed E-state index contributed by atoms with van der Waals surface area (Å²) in [5.41, 5.74) is 2.31. The summed E-state index contributed by atoms with van der Waals surface area (Å²) in [5.74, 6) is 0. The summed E-state index contributed by atoms with van der Waals surface area (Å²) in [5, 5.41) is 1.44. The van der Waals surface area contributed by atoms with Crippen LogP contribution in [-0.4, -0.2) is 0 Å². The lowest BCUT2D eigenvalue weighted by atomic mass is 9.86. The fourth-order valence-electron chi connectivity index (χ4n) is 2.21. The van der Waals surface area contributed by atoms with E-state index in [1.165, 1.54) is 0 Å². The molecule has 0 aromatic heterocycles. The van der Waals surface area contributed by atoms with Crippen LogP contribution in [0.4, 0.5) is 0 Å². The molecule has 0 fully saturated rings. The molecular weight excluding hydrogens is 238 g/mol. The second-order valence-electron chi connectivity index (χ2n) is 4.41. The standard InChI is InChI=1S/C11H11Cl3/c1-11(2)5-9(14)7-3-6(12)4-8(13)10(7)11/h3-4,9H,5H2,1-2H3. The molecule has 0 saturated heterocycles. The number of fused-ring (bicyclic) bond motifs is 1. The number of alkyl halides is 1. The van der Waals surface area contributed by atoms with Gasteiger partial charge in [0.05, 0.1) is 5.38 Å². The van der Waals surface area contributed by atoms with Crippen molar-refractivity contribution in [1.29, 1.82) is 0 Å². The van der Waals surface area contributed by atoms with E-state index >= 15 is 0 Å². The topological polar surface area (TPSA) is 0 Å². The first-order valence-corrected chi connectivity index (χ1v) is 5.74. The molecule has 1 unspecified atom stereocenters. The lowest BCUT2D eigenvalue weighted by Crippen LogP contribution is -2.12. The van der Waals surface area contributed by atoms with Gasteiger partial charge in [-0.1, -0.05) is 37.0 Å². The van der Waals surface area contributed by atoms with Gasteiger partial charge in [-0.15, -0.1) is 11.6 Å². The van der Waals surface area contributed by atoms with Gasteiger partial charge in [0, 0.05) is 10.0 Å². The van der Waals surface area contributed by atoms with Gasteiger partial charge in [-0.05, 0) is 35.1 Å². The number of hydrogen-bond acceptors (Lipinski definition) is 0. The van der Waals surface area contributed by atoms with Crippen LogP contribution in [0.15, 0.2) is 12.1 Å². The maximum absolute atomic E-state index is 6.25. The van der Waals surface area contributed by atoms with E-state index in [2.05, 4.69) is 13.8 Å². The van der Waals surface area contributed by atoms with Crippen molar-refractivity contribution in [2.45, 2.75) is 31.1 Å². The highest BCUT2D eigenvalue weighted by atomic mass is 35.5. The first kappa shape index (κ1) is 10.6. The smallest absolute Gasteiger partial charge is 0.0597 e. The highest BCUT2D eigenvalue weighted by Crippen LogP contribution is 2.51. The summed E-state index contributed by atoms with van der Waals surface area (Å²) in [4.78, 5) is 0. The van der Waals surface area contributed by atoms with Crippen LogP contribution in [0, 0.1) is 0 Å². The quantitative estimate of drug-likeness (QED) is 0.571. The van der Waals surface area contributed by atoms with Gasteiger partial charge < -0.3 is 0 Å². The van der Waals surface area contributed by atoms with Gasteiger partial charge in [0.2, 0.25) is 0 Å². The van der Waals surface area contributed by atoms with E-state index in [1.807, 2.05) is 6.07 Å². The van der Waals surface area contributed by atoms with Crippen LogP contribution < -0.4 is 0 Å². The normalized spacial score (nSPS) is 23.6. The zero-order valence-corrected chi connectivity index (χ0v) is 10.3. The Morgan fingerprint density at radius 1 is 1.29 bits per heavy atom. The molecule has 14 heavy (non-hydrogen) atoms. The number of benzene rings is 1. The predicted octanol–water partition coefficient (Wildman–Crippen LogP) is 4.95. The summed E-state index contributed by atoms with van der Waals surface area (Å²) in [7, 11) is 0. The SMILES string of the molecule is CC1(C)CC(Cl)c2cc(Cl)cc(Cl)c21. The summed E-state index contributed by atoms with van der Waals surface area (Å²) in [6.45, 7) is 4.32.